The van der Waals surface area contributed by atoms with Crippen LogP contribution < -0.4 is 19.8 Å². The molecule has 0 spiro atoms. The second-order valence-electron chi connectivity index (χ2n) is 7.66. The van der Waals surface area contributed by atoms with Crippen molar-refractivity contribution in [3.8, 4) is 17.2 Å². The lowest BCUT2D eigenvalue weighted by atomic mass is 10.1. The number of esters is 1. The van der Waals surface area contributed by atoms with E-state index in [-0.39, 0.29) is 17.4 Å². The maximum Gasteiger partial charge on any atom is 0.343 e. The van der Waals surface area contributed by atoms with Crippen LogP contribution in [-0.4, -0.2) is 56.0 Å². The summed E-state index contributed by atoms with van der Waals surface area (Å²) in [4.78, 5) is 27.6. The highest BCUT2D eigenvalue weighted by Gasteiger charge is 2.27. The molecule has 168 valence electrons. The third kappa shape index (κ3) is 4.85. The molecule has 0 saturated heterocycles. The van der Waals surface area contributed by atoms with Gasteiger partial charge >= 0.3 is 5.97 Å². The average molecular weight is 431 g/mol. The van der Waals surface area contributed by atoms with E-state index in [2.05, 4.69) is 4.90 Å². The fraction of sp³-hybridized carbons (Fsp3) is 0.478. The molecule has 1 aromatic heterocycles. The quantitative estimate of drug-likeness (QED) is 0.625. The largest absolute Gasteiger partial charge is 0.493 e. The van der Waals surface area contributed by atoms with E-state index in [0.717, 1.165) is 5.56 Å². The number of fused-ring (bicyclic) bond motifs is 1. The first-order valence-electron chi connectivity index (χ1n) is 10.3. The number of ether oxygens (including phenoxy) is 4. The highest BCUT2D eigenvalue weighted by molar-refractivity contribution is 5.93. The molecule has 0 fully saturated rings. The van der Waals surface area contributed by atoms with Gasteiger partial charge in [-0.25, -0.2) is 4.79 Å². The van der Waals surface area contributed by atoms with Crippen LogP contribution in [0.1, 0.15) is 35.5 Å². The number of hydrogen-bond acceptors (Lipinski definition) is 7. The number of benzene rings is 1. The molecule has 8 nitrogen and oxygen atoms in total. The van der Waals surface area contributed by atoms with E-state index in [1.807, 2.05) is 32.0 Å². The lowest BCUT2D eigenvalue weighted by molar-refractivity contribution is 0.0591. The first-order valence-corrected chi connectivity index (χ1v) is 10.3. The number of carbonyl (C=O) groups is 1. The van der Waals surface area contributed by atoms with Crippen LogP contribution in [0.2, 0.25) is 0 Å². The lowest BCUT2D eigenvalue weighted by Crippen LogP contribution is -2.29. The van der Waals surface area contributed by atoms with Crippen LogP contribution in [-0.2, 0) is 24.2 Å². The molecule has 0 radical (unpaired) electrons. The normalized spacial score (nSPS) is 14.0. The van der Waals surface area contributed by atoms with E-state index in [4.69, 9.17) is 18.9 Å². The molecule has 31 heavy (non-hydrogen) atoms. The molecule has 2 heterocycles. The molecule has 2 aromatic rings. The van der Waals surface area contributed by atoms with Crippen LogP contribution in [0, 0.1) is 0 Å². The summed E-state index contributed by atoms with van der Waals surface area (Å²) < 4.78 is 23.4. The third-order valence-corrected chi connectivity index (χ3v) is 5.32. The Morgan fingerprint density at radius 3 is 2.48 bits per heavy atom. The van der Waals surface area contributed by atoms with E-state index in [1.165, 1.54) is 13.2 Å². The number of rotatable bonds is 7. The average Bonchev–Trinajstić information content (AvgIpc) is 2.96. The molecule has 8 heteroatoms. The predicted octanol–water partition coefficient (Wildman–Crippen LogP) is 2.50. The summed E-state index contributed by atoms with van der Waals surface area (Å²) in [5.41, 5.74) is 1.79. The van der Waals surface area contributed by atoms with Gasteiger partial charge in [-0.2, -0.15) is 0 Å². The fourth-order valence-corrected chi connectivity index (χ4v) is 3.94. The summed E-state index contributed by atoms with van der Waals surface area (Å²) in [7, 11) is 4.57. The monoisotopic (exact) mass is 430 g/mol. The zero-order valence-corrected chi connectivity index (χ0v) is 18.8. The molecule has 0 aliphatic carbocycles. The van der Waals surface area contributed by atoms with Crippen LogP contribution >= 0.6 is 0 Å². The highest BCUT2D eigenvalue weighted by Crippen LogP contribution is 2.32. The molecule has 0 N–H and O–H groups in total. The SMILES string of the molecule is COC(=O)c1c(OC(C)C)cc(=O)n2c1CCN(Cc1cccc(OC)c1OC)CC2. The smallest absolute Gasteiger partial charge is 0.343 e. The van der Waals surface area contributed by atoms with E-state index in [0.29, 0.717) is 55.4 Å². The first kappa shape index (κ1) is 22.7. The van der Waals surface area contributed by atoms with Crippen molar-refractivity contribution in [2.75, 3.05) is 34.4 Å². The van der Waals surface area contributed by atoms with E-state index in [1.54, 1.807) is 18.8 Å². The Morgan fingerprint density at radius 1 is 1.06 bits per heavy atom. The fourth-order valence-electron chi connectivity index (χ4n) is 3.94. The minimum Gasteiger partial charge on any atom is -0.493 e. The van der Waals surface area contributed by atoms with Gasteiger partial charge in [0, 0.05) is 49.9 Å². The maximum atomic E-state index is 12.8. The van der Waals surface area contributed by atoms with Gasteiger partial charge in [0.25, 0.3) is 5.56 Å². The van der Waals surface area contributed by atoms with Crippen molar-refractivity contribution in [2.24, 2.45) is 0 Å². The van der Waals surface area contributed by atoms with Crippen molar-refractivity contribution in [2.45, 2.75) is 39.5 Å². The molecular weight excluding hydrogens is 400 g/mol. The number of pyridine rings is 1. The third-order valence-electron chi connectivity index (χ3n) is 5.32. The second kappa shape index (κ2) is 9.87. The van der Waals surface area contributed by atoms with E-state index < -0.39 is 5.97 Å². The van der Waals surface area contributed by atoms with Gasteiger partial charge in [0.05, 0.1) is 27.4 Å². The van der Waals surface area contributed by atoms with Crippen LogP contribution in [0.5, 0.6) is 17.2 Å². The Labute approximate surface area is 182 Å². The van der Waals surface area contributed by atoms with Gasteiger partial charge in [0.2, 0.25) is 0 Å². The van der Waals surface area contributed by atoms with Crippen molar-refractivity contribution in [1.82, 2.24) is 9.47 Å². The Bertz CT molecular complexity index is 998. The summed E-state index contributed by atoms with van der Waals surface area (Å²) in [6, 6.07) is 7.17. The molecule has 0 bridgehead atoms. The van der Waals surface area contributed by atoms with Crippen molar-refractivity contribution in [1.29, 1.82) is 0 Å². The van der Waals surface area contributed by atoms with Crippen molar-refractivity contribution < 1.29 is 23.7 Å². The molecular formula is C23H30N2O6. The minimum atomic E-state index is -0.498. The van der Waals surface area contributed by atoms with Gasteiger partial charge in [0.15, 0.2) is 11.5 Å². The number of methoxy groups -OCH3 is 3. The van der Waals surface area contributed by atoms with E-state index in [9.17, 15) is 9.59 Å². The Hall–Kier alpha value is -3.00. The zero-order valence-electron chi connectivity index (χ0n) is 18.8. The Kier molecular flexibility index (Phi) is 7.22. The first-order chi connectivity index (χ1) is 14.9. The number of para-hydroxylation sites is 1. The molecule has 0 atom stereocenters. The molecule has 1 aromatic carbocycles. The topological polar surface area (TPSA) is 79.2 Å². The zero-order chi connectivity index (χ0) is 22.5. The maximum absolute atomic E-state index is 12.8. The molecule has 0 saturated carbocycles. The number of aromatic nitrogens is 1. The highest BCUT2D eigenvalue weighted by atomic mass is 16.5. The van der Waals surface area contributed by atoms with Crippen LogP contribution in [0.15, 0.2) is 29.1 Å². The van der Waals surface area contributed by atoms with Crippen LogP contribution in [0.25, 0.3) is 0 Å². The minimum absolute atomic E-state index is 0.173. The number of nitrogens with zero attached hydrogens (tertiary/aromatic N) is 2. The summed E-state index contributed by atoms with van der Waals surface area (Å²) >= 11 is 0. The Balaban J connectivity index is 1.92. The number of carbonyl (C=O) groups excluding carboxylic acids is 1. The van der Waals surface area contributed by atoms with Gasteiger partial charge < -0.3 is 23.5 Å². The molecule has 0 amide bonds. The van der Waals surface area contributed by atoms with Crippen LogP contribution in [0.3, 0.4) is 0 Å². The van der Waals surface area contributed by atoms with Crippen molar-refractivity contribution >= 4 is 5.97 Å². The lowest BCUT2D eigenvalue weighted by Gasteiger charge is -2.21. The van der Waals surface area contributed by atoms with Crippen LogP contribution in [0.4, 0.5) is 0 Å². The standard InChI is InChI=1S/C23H30N2O6/c1-15(2)31-19-13-20(26)25-12-11-24(10-9-17(25)21(19)23(27)30-5)14-16-7-6-8-18(28-3)22(16)29-4/h6-8,13,15H,9-12,14H2,1-5H3. The summed E-state index contributed by atoms with van der Waals surface area (Å²) in [5, 5.41) is 0. The van der Waals surface area contributed by atoms with Gasteiger partial charge in [-0.3, -0.25) is 9.69 Å². The van der Waals surface area contributed by atoms with Crippen molar-refractivity contribution in [3.63, 3.8) is 0 Å². The van der Waals surface area contributed by atoms with Gasteiger partial charge in [-0.05, 0) is 19.9 Å². The van der Waals surface area contributed by atoms with Gasteiger partial charge in [0.1, 0.15) is 11.3 Å². The van der Waals surface area contributed by atoms with Gasteiger partial charge in [-0.1, -0.05) is 12.1 Å². The molecule has 1 aliphatic heterocycles. The number of hydrogen-bond donors (Lipinski definition) is 0. The molecule has 0 unspecified atom stereocenters. The predicted molar refractivity (Wildman–Crippen MR) is 116 cm³/mol. The summed E-state index contributed by atoms with van der Waals surface area (Å²) in [6.45, 7) is 6.12. The Morgan fingerprint density at radius 2 is 1.84 bits per heavy atom. The molecule has 1 aliphatic rings. The van der Waals surface area contributed by atoms with E-state index >= 15 is 0 Å². The summed E-state index contributed by atoms with van der Waals surface area (Å²) in [6.07, 6.45) is 0.343. The molecule has 3 rings (SSSR count). The van der Waals surface area contributed by atoms with Gasteiger partial charge in [-0.15, -0.1) is 0 Å². The summed E-state index contributed by atoms with van der Waals surface area (Å²) in [5.74, 6) is 1.16. The van der Waals surface area contributed by atoms with Crippen molar-refractivity contribution in [3.05, 3.63) is 51.4 Å². The second-order valence-corrected chi connectivity index (χ2v) is 7.66.